The molecule has 0 radical (unpaired) electrons. The zero-order chi connectivity index (χ0) is 14.5. The van der Waals surface area contributed by atoms with Gasteiger partial charge in [-0.25, -0.2) is 9.67 Å². The van der Waals surface area contributed by atoms with E-state index in [4.69, 9.17) is 9.47 Å². The topological polar surface area (TPSA) is 61.2 Å². The molecular weight excluding hydrogens is 268 g/mol. The molecule has 1 aliphatic carbocycles. The van der Waals surface area contributed by atoms with Gasteiger partial charge in [0.2, 0.25) is 0 Å². The average Bonchev–Trinajstić information content (AvgIpc) is 3.14. The Balaban J connectivity index is 1.62. The highest BCUT2D eigenvalue weighted by Gasteiger charge is 2.41. The number of rotatable bonds is 6. The van der Waals surface area contributed by atoms with Gasteiger partial charge in [0.25, 0.3) is 0 Å². The first kappa shape index (κ1) is 14.9. The lowest BCUT2D eigenvalue weighted by atomic mass is 9.89. The fraction of sp³-hybridized carbons (Fsp3) is 0.867. The second-order valence-corrected chi connectivity index (χ2v) is 6.18. The molecule has 0 aromatic carbocycles. The fourth-order valence-electron chi connectivity index (χ4n) is 3.66. The SMILES string of the molecule is COCCNCc1ncnn1C1CCOC2(CCCC2)C1. The summed E-state index contributed by atoms with van der Waals surface area (Å²) < 4.78 is 13.3. The van der Waals surface area contributed by atoms with E-state index in [1.54, 1.807) is 13.4 Å². The molecule has 1 N–H and O–H groups in total. The van der Waals surface area contributed by atoms with Crippen LogP contribution in [0.15, 0.2) is 6.33 Å². The van der Waals surface area contributed by atoms with Crippen molar-refractivity contribution in [2.24, 2.45) is 0 Å². The van der Waals surface area contributed by atoms with E-state index >= 15 is 0 Å². The third-order valence-corrected chi connectivity index (χ3v) is 4.74. The van der Waals surface area contributed by atoms with Crippen LogP contribution in [-0.4, -0.2) is 47.2 Å². The van der Waals surface area contributed by atoms with Crippen LogP contribution in [0.2, 0.25) is 0 Å². The summed E-state index contributed by atoms with van der Waals surface area (Å²) in [6.45, 7) is 3.14. The van der Waals surface area contributed by atoms with Gasteiger partial charge in [-0.3, -0.25) is 0 Å². The summed E-state index contributed by atoms with van der Waals surface area (Å²) in [6.07, 6.45) is 8.81. The number of ether oxygens (including phenoxy) is 2. The Kier molecular flexibility index (Phi) is 4.87. The van der Waals surface area contributed by atoms with Gasteiger partial charge in [-0.2, -0.15) is 5.10 Å². The number of hydrogen-bond acceptors (Lipinski definition) is 5. The molecule has 2 fully saturated rings. The Hall–Kier alpha value is -0.980. The lowest BCUT2D eigenvalue weighted by molar-refractivity contribution is -0.0913. The molecule has 1 aliphatic heterocycles. The summed E-state index contributed by atoms with van der Waals surface area (Å²) in [5, 5.41) is 7.82. The molecule has 2 aliphatic rings. The van der Waals surface area contributed by atoms with E-state index in [1.807, 2.05) is 0 Å². The van der Waals surface area contributed by atoms with Gasteiger partial charge in [0.15, 0.2) is 0 Å². The Morgan fingerprint density at radius 1 is 1.48 bits per heavy atom. The van der Waals surface area contributed by atoms with Crippen LogP contribution in [-0.2, 0) is 16.0 Å². The number of aromatic nitrogens is 3. The van der Waals surface area contributed by atoms with E-state index in [0.717, 1.165) is 38.4 Å². The van der Waals surface area contributed by atoms with Crippen molar-refractivity contribution in [3.8, 4) is 0 Å². The van der Waals surface area contributed by atoms with E-state index in [2.05, 4.69) is 20.1 Å². The van der Waals surface area contributed by atoms with Crippen molar-refractivity contribution in [2.45, 2.75) is 56.7 Å². The zero-order valence-electron chi connectivity index (χ0n) is 12.9. The molecule has 1 aromatic rings. The first-order chi connectivity index (χ1) is 10.3. The first-order valence-corrected chi connectivity index (χ1v) is 8.05. The summed E-state index contributed by atoms with van der Waals surface area (Å²) in [7, 11) is 1.72. The van der Waals surface area contributed by atoms with Gasteiger partial charge in [-0.05, 0) is 25.7 Å². The van der Waals surface area contributed by atoms with Crippen LogP contribution < -0.4 is 5.32 Å². The standard InChI is InChI=1S/C15H26N4O2/c1-20-9-7-16-11-14-17-12-18-19(14)13-4-8-21-15(10-13)5-2-3-6-15/h12-13,16H,2-11H2,1H3. The molecule has 2 heterocycles. The predicted octanol–water partition coefficient (Wildman–Crippen LogP) is 1.68. The van der Waals surface area contributed by atoms with Gasteiger partial charge in [0, 0.05) is 20.3 Å². The van der Waals surface area contributed by atoms with Crippen LogP contribution in [0.4, 0.5) is 0 Å². The lowest BCUT2D eigenvalue weighted by Crippen LogP contribution is -2.39. The van der Waals surface area contributed by atoms with E-state index in [9.17, 15) is 0 Å². The molecule has 1 aromatic heterocycles. The number of nitrogens with one attached hydrogen (secondary N) is 1. The van der Waals surface area contributed by atoms with Crippen molar-refractivity contribution >= 4 is 0 Å². The molecule has 1 atom stereocenters. The Bertz CT molecular complexity index is 443. The number of nitrogens with zero attached hydrogens (tertiary/aromatic N) is 3. The highest BCUT2D eigenvalue weighted by Crippen LogP contribution is 2.43. The summed E-state index contributed by atoms with van der Waals surface area (Å²) in [4.78, 5) is 4.41. The quantitative estimate of drug-likeness (QED) is 0.809. The highest BCUT2D eigenvalue weighted by atomic mass is 16.5. The van der Waals surface area contributed by atoms with Crippen LogP contribution in [0.5, 0.6) is 0 Å². The normalized spacial score (nSPS) is 24.7. The maximum absolute atomic E-state index is 6.11. The van der Waals surface area contributed by atoms with E-state index in [1.165, 1.54) is 25.7 Å². The number of methoxy groups -OCH3 is 1. The van der Waals surface area contributed by atoms with Crippen molar-refractivity contribution in [3.05, 3.63) is 12.2 Å². The fourth-order valence-corrected chi connectivity index (χ4v) is 3.66. The Labute approximate surface area is 126 Å². The monoisotopic (exact) mass is 294 g/mol. The van der Waals surface area contributed by atoms with Crippen molar-refractivity contribution in [2.75, 3.05) is 26.9 Å². The zero-order valence-corrected chi connectivity index (χ0v) is 12.9. The molecular formula is C15H26N4O2. The Morgan fingerprint density at radius 3 is 3.14 bits per heavy atom. The molecule has 6 heteroatoms. The molecule has 1 saturated heterocycles. The van der Waals surface area contributed by atoms with Gasteiger partial charge in [0.1, 0.15) is 12.2 Å². The molecule has 1 saturated carbocycles. The third-order valence-electron chi connectivity index (χ3n) is 4.74. The van der Waals surface area contributed by atoms with Crippen molar-refractivity contribution in [1.29, 1.82) is 0 Å². The van der Waals surface area contributed by atoms with Crippen LogP contribution in [0.25, 0.3) is 0 Å². The van der Waals surface area contributed by atoms with Crippen LogP contribution >= 0.6 is 0 Å². The van der Waals surface area contributed by atoms with Crippen molar-refractivity contribution < 1.29 is 9.47 Å². The van der Waals surface area contributed by atoms with Crippen LogP contribution in [0, 0.1) is 0 Å². The third kappa shape index (κ3) is 3.44. The average molecular weight is 294 g/mol. The lowest BCUT2D eigenvalue weighted by Gasteiger charge is -2.38. The molecule has 0 bridgehead atoms. The highest BCUT2D eigenvalue weighted by molar-refractivity contribution is 4.96. The molecule has 21 heavy (non-hydrogen) atoms. The minimum atomic E-state index is 0.121. The van der Waals surface area contributed by atoms with Crippen molar-refractivity contribution in [1.82, 2.24) is 20.1 Å². The summed E-state index contributed by atoms with van der Waals surface area (Å²) in [5.41, 5.74) is 0.121. The van der Waals surface area contributed by atoms with Gasteiger partial charge in [0.05, 0.1) is 24.8 Å². The smallest absolute Gasteiger partial charge is 0.141 e. The molecule has 1 spiro atoms. The largest absolute Gasteiger partial charge is 0.383 e. The summed E-state index contributed by atoms with van der Waals surface area (Å²) in [5.74, 6) is 1.02. The number of hydrogen-bond donors (Lipinski definition) is 1. The molecule has 1 unspecified atom stereocenters. The van der Waals surface area contributed by atoms with E-state index in [0.29, 0.717) is 12.6 Å². The summed E-state index contributed by atoms with van der Waals surface area (Å²) >= 11 is 0. The summed E-state index contributed by atoms with van der Waals surface area (Å²) in [6, 6.07) is 0.429. The van der Waals surface area contributed by atoms with Crippen LogP contribution in [0.1, 0.15) is 50.4 Å². The maximum atomic E-state index is 6.11. The molecule has 0 amide bonds. The molecule has 3 rings (SSSR count). The van der Waals surface area contributed by atoms with Gasteiger partial charge >= 0.3 is 0 Å². The van der Waals surface area contributed by atoms with Gasteiger partial charge in [-0.15, -0.1) is 0 Å². The van der Waals surface area contributed by atoms with Crippen molar-refractivity contribution in [3.63, 3.8) is 0 Å². The second-order valence-electron chi connectivity index (χ2n) is 6.18. The second kappa shape index (κ2) is 6.85. The minimum absolute atomic E-state index is 0.121. The van der Waals surface area contributed by atoms with Gasteiger partial charge in [-0.1, -0.05) is 12.8 Å². The minimum Gasteiger partial charge on any atom is -0.383 e. The van der Waals surface area contributed by atoms with E-state index in [-0.39, 0.29) is 5.60 Å². The Morgan fingerprint density at radius 2 is 2.33 bits per heavy atom. The maximum Gasteiger partial charge on any atom is 0.141 e. The predicted molar refractivity (Wildman–Crippen MR) is 79.0 cm³/mol. The van der Waals surface area contributed by atoms with E-state index < -0.39 is 0 Å². The first-order valence-electron chi connectivity index (χ1n) is 8.05. The molecule has 6 nitrogen and oxygen atoms in total. The van der Waals surface area contributed by atoms with Gasteiger partial charge < -0.3 is 14.8 Å². The van der Waals surface area contributed by atoms with Crippen LogP contribution in [0.3, 0.4) is 0 Å². The molecule has 118 valence electrons.